The van der Waals surface area contributed by atoms with Crippen LogP contribution in [0.15, 0.2) is 15.9 Å². The minimum Gasteiger partial charge on any atom is -0.390 e. The first-order chi connectivity index (χ1) is 19.0. The zero-order chi connectivity index (χ0) is 30.5. The van der Waals surface area contributed by atoms with E-state index in [0.717, 1.165) is 17.4 Å². The number of phosphoric acid groups is 3. The number of aliphatic hydroxyl groups is 2. The van der Waals surface area contributed by atoms with Gasteiger partial charge in [-0.1, -0.05) is 26.7 Å². The van der Waals surface area contributed by atoms with Crippen molar-refractivity contribution in [3.05, 3.63) is 27.2 Å². The summed E-state index contributed by atoms with van der Waals surface area (Å²) < 4.78 is 50.8. The smallest absolute Gasteiger partial charge is 0.390 e. The number of hydrogen-bond donors (Lipinski definition) is 6. The maximum absolute atomic E-state index is 13.5. The van der Waals surface area contributed by atoms with Gasteiger partial charge in [-0.05, 0) is 25.2 Å². The van der Waals surface area contributed by atoms with Gasteiger partial charge < -0.3 is 34.4 Å². The molecule has 4 rings (SSSR count). The predicted molar refractivity (Wildman–Crippen MR) is 139 cm³/mol. The van der Waals surface area contributed by atoms with Gasteiger partial charge >= 0.3 is 29.2 Å². The van der Waals surface area contributed by atoms with Crippen LogP contribution in [-0.4, -0.2) is 67.3 Å². The van der Waals surface area contributed by atoms with E-state index in [4.69, 9.17) is 14.3 Å². The summed E-state index contributed by atoms with van der Waals surface area (Å²) in [5.74, 6) is -0.628. The first kappa shape index (κ1) is 32.4. The van der Waals surface area contributed by atoms with Gasteiger partial charge in [-0.3, -0.25) is 18.5 Å². The lowest BCUT2D eigenvalue weighted by molar-refractivity contribution is -0.0297. The van der Waals surface area contributed by atoms with Gasteiger partial charge in [0.25, 0.3) is 5.56 Å². The van der Waals surface area contributed by atoms with Gasteiger partial charge in [-0.15, -0.1) is 0 Å². The first-order valence-electron chi connectivity index (χ1n) is 12.8. The molecule has 0 radical (unpaired) electrons. The number of aromatic nitrogens is 4. The van der Waals surface area contributed by atoms with Crippen LogP contribution in [0.2, 0.25) is 0 Å². The van der Waals surface area contributed by atoms with E-state index in [2.05, 4.69) is 13.6 Å². The Labute approximate surface area is 232 Å². The highest BCUT2D eigenvalue weighted by Gasteiger charge is 2.72. The third-order valence-electron chi connectivity index (χ3n) is 7.50. The summed E-state index contributed by atoms with van der Waals surface area (Å²) in [5, 5.41) is 21.9. The van der Waals surface area contributed by atoms with E-state index in [1.165, 1.54) is 15.5 Å². The van der Waals surface area contributed by atoms with E-state index in [9.17, 15) is 43.3 Å². The SMILES string of the molecule is CCCCn1c(=O)c2c(ncn2[C@H]2[C@H](O)[C@H](O)[C@@]3(COP(=O)(O)OP(=O)(O)OP(=O)(O)O)C[C@H]23)n(CCCC)c1=O. The quantitative estimate of drug-likeness (QED) is 0.153. The van der Waals surface area contributed by atoms with Crippen molar-refractivity contribution in [2.24, 2.45) is 11.3 Å². The second-order valence-corrected chi connectivity index (χ2v) is 14.7. The molecule has 2 unspecified atom stereocenters. The van der Waals surface area contributed by atoms with Crippen molar-refractivity contribution in [3.8, 4) is 0 Å². The van der Waals surface area contributed by atoms with Crippen molar-refractivity contribution < 1.29 is 56.6 Å². The molecule has 21 heteroatoms. The Kier molecular flexibility index (Phi) is 9.11. The van der Waals surface area contributed by atoms with Gasteiger partial charge in [0.05, 0.1) is 25.1 Å². The molecule has 2 aromatic heterocycles. The average Bonchev–Trinajstić information content (AvgIpc) is 3.33. The van der Waals surface area contributed by atoms with Crippen LogP contribution in [0.1, 0.15) is 52.0 Å². The summed E-state index contributed by atoms with van der Waals surface area (Å²) in [5.41, 5.74) is -2.29. The fourth-order valence-electron chi connectivity index (χ4n) is 5.49. The maximum Gasteiger partial charge on any atom is 0.490 e. The van der Waals surface area contributed by atoms with Gasteiger partial charge in [0, 0.05) is 18.5 Å². The van der Waals surface area contributed by atoms with Crippen molar-refractivity contribution in [2.75, 3.05) is 6.61 Å². The molecule has 2 heterocycles. The summed E-state index contributed by atoms with van der Waals surface area (Å²) in [7, 11) is -16.8. The molecular formula is C20H33N4O14P3. The molecule has 2 aliphatic rings. The zero-order valence-electron chi connectivity index (χ0n) is 22.1. The van der Waals surface area contributed by atoms with Crippen molar-refractivity contribution in [2.45, 2.75) is 77.3 Å². The van der Waals surface area contributed by atoms with Crippen LogP contribution in [-0.2, 0) is 39.9 Å². The van der Waals surface area contributed by atoms with Crippen LogP contribution < -0.4 is 11.2 Å². The Morgan fingerprint density at radius 2 is 1.59 bits per heavy atom. The number of rotatable bonds is 14. The zero-order valence-corrected chi connectivity index (χ0v) is 24.8. The van der Waals surface area contributed by atoms with Crippen molar-refractivity contribution >= 4 is 34.6 Å². The molecule has 2 fully saturated rings. The van der Waals surface area contributed by atoms with Crippen LogP contribution in [0.5, 0.6) is 0 Å². The lowest BCUT2D eigenvalue weighted by atomic mass is 10.0. The number of phosphoric ester groups is 1. The topological polar surface area (TPSA) is 262 Å². The maximum atomic E-state index is 13.5. The molecule has 232 valence electrons. The number of aryl methyl sites for hydroxylation is 1. The highest BCUT2D eigenvalue weighted by Crippen LogP contribution is 2.71. The van der Waals surface area contributed by atoms with Crippen LogP contribution in [0.4, 0.5) is 0 Å². The van der Waals surface area contributed by atoms with Crippen molar-refractivity contribution in [3.63, 3.8) is 0 Å². The van der Waals surface area contributed by atoms with Crippen LogP contribution in [0.3, 0.4) is 0 Å². The largest absolute Gasteiger partial charge is 0.490 e. The van der Waals surface area contributed by atoms with Gasteiger partial charge in [0.1, 0.15) is 6.10 Å². The second kappa shape index (κ2) is 11.5. The molecule has 2 aliphatic carbocycles. The fraction of sp³-hybridized carbons (Fsp3) is 0.750. The monoisotopic (exact) mass is 646 g/mol. The minimum absolute atomic E-state index is 0.0450. The van der Waals surface area contributed by atoms with E-state index < -0.39 is 70.9 Å². The number of fused-ring (bicyclic) bond motifs is 2. The third kappa shape index (κ3) is 6.40. The molecule has 6 N–H and O–H groups in total. The number of aliphatic hydroxyl groups excluding tert-OH is 2. The molecule has 0 spiro atoms. The van der Waals surface area contributed by atoms with E-state index in [-0.39, 0.29) is 24.1 Å². The number of hydrogen-bond acceptors (Lipinski definition) is 11. The Morgan fingerprint density at radius 1 is 0.976 bits per heavy atom. The third-order valence-corrected chi connectivity index (χ3v) is 11.3. The normalized spacial score (nSPS) is 28.9. The summed E-state index contributed by atoms with van der Waals surface area (Å²) in [6, 6.07) is -0.955. The summed E-state index contributed by atoms with van der Waals surface area (Å²) in [6.07, 6.45) is 1.08. The standard InChI is InChI=1S/C20H33N4O14P3/c1-3-5-7-22-17-14(18(27)23(19(22)28)8-6-4-2)24(11-21-17)13-12-9-20(12,16(26)15(13)25)10-36-40(32,33)38-41(34,35)37-39(29,30)31/h11-13,15-16,25-26H,3-10H2,1-2H3,(H,32,33)(H,34,35)(H2,29,30,31)/t12-,13-,15+,16+,20-/m1/s1. The van der Waals surface area contributed by atoms with E-state index in [1.54, 1.807) is 0 Å². The van der Waals surface area contributed by atoms with Crippen molar-refractivity contribution in [1.82, 2.24) is 18.7 Å². The van der Waals surface area contributed by atoms with E-state index in [1.807, 2.05) is 13.8 Å². The molecule has 0 amide bonds. The summed E-state index contributed by atoms with van der Waals surface area (Å²) >= 11 is 0. The molecule has 18 nitrogen and oxygen atoms in total. The number of unbranched alkanes of at least 4 members (excludes halogenated alkanes) is 2. The van der Waals surface area contributed by atoms with Gasteiger partial charge in [0.2, 0.25) is 0 Å². The molecule has 0 aromatic carbocycles. The lowest BCUT2D eigenvalue weighted by Gasteiger charge is -2.25. The van der Waals surface area contributed by atoms with E-state index in [0.29, 0.717) is 19.4 Å². The molecule has 7 atom stereocenters. The number of imidazole rings is 1. The molecule has 0 aliphatic heterocycles. The second-order valence-electron chi connectivity index (χ2n) is 10.3. The molecular weight excluding hydrogens is 613 g/mol. The summed E-state index contributed by atoms with van der Waals surface area (Å²) in [6.45, 7) is 3.56. The Hall–Kier alpha value is -1.52. The fourth-order valence-corrected chi connectivity index (χ4v) is 8.59. The first-order valence-corrected chi connectivity index (χ1v) is 17.4. The Bertz CT molecular complexity index is 1560. The molecule has 2 aromatic rings. The number of nitrogens with zero attached hydrogens (tertiary/aromatic N) is 4. The molecule has 2 saturated carbocycles. The van der Waals surface area contributed by atoms with Crippen LogP contribution in [0.25, 0.3) is 11.2 Å². The molecule has 0 bridgehead atoms. The lowest BCUT2D eigenvalue weighted by Crippen LogP contribution is -2.41. The highest BCUT2D eigenvalue weighted by molar-refractivity contribution is 7.66. The van der Waals surface area contributed by atoms with Gasteiger partial charge in [-0.2, -0.15) is 8.62 Å². The minimum atomic E-state index is -5.74. The van der Waals surface area contributed by atoms with Gasteiger partial charge in [0.15, 0.2) is 11.2 Å². The predicted octanol–water partition coefficient (Wildman–Crippen LogP) is 0.586. The van der Waals surface area contributed by atoms with Gasteiger partial charge in [-0.25, -0.2) is 23.5 Å². The Morgan fingerprint density at radius 3 is 2.17 bits per heavy atom. The average molecular weight is 646 g/mol. The molecule has 0 saturated heterocycles. The van der Waals surface area contributed by atoms with Crippen LogP contribution >= 0.6 is 23.5 Å². The van der Waals surface area contributed by atoms with E-state index >= 15 is 0 Å². The van der Waals surface area contributed by atoms with Crippen LogP contribution in [0, 0.1) is 11.3 Å². The summed E-state index contributed by atoms with van der Waals surface area (Å²) in [4.78, 5) is 67.5. The highest BCUT2D eigenvalue weighted by atomic mass is 31.3. The van der Waals surface area contributed by atoms with Crippen molar-refractivity contribution in [1.29, 1.82) is 0 Å². The Balaban J connectivity index is 1.64. The molecule has 41 heavy (non-hydrogen) atoms.